The number of halogens is 2. The first-order valence-corrected chi connectivity index (χ1v) is 6.65. The van der Waals surface area contributed by atoms with Crippen LogP contribution in [-0.4, -0.2) is 34.6 Å². The fourth-order valence-corrected chi connectivity index (χ4v) is 2.36. The SMILES string of the molecule is CC1(O)CCN(C(=O)c2ccc(Br)cc2F)CC1. The van der Waals surface area contributed by atoms with Gasteiger partial charge >= 0.3 is 0 Å². The molecule has 1 aliphatic heterocycles. The number of hydrogen-bond donors (Lipinski definition) is 1. The zero-order valence-electron chi connectivity index (χ0n) is 10.1. The monoisotopic (exact) mass is 315 g/mol. The third-order valence-corrected chi connectivity index (χ3v) is 3.78. The van der Waals surface area contributed by atoms with Gasteiger partial charge in [-0.25, -0.2) is 4.39 Å². The number of likely N-dealkylation sites (tertiary alicyclic amines) is 1. The molecule has 1 heterocycles. The van der Waals surface area contributed by atoms with E-state index < -0.39 is 11.4 Å². The first kappa shape index (κ1) is 13.5. The Balaban J connectivity index is 2.13. The molecule has 0 unspecified atom stereocenters. The molecule has 0 aliphatic carbocycles. The van der Waals surface area contributed by atoms with Crippen LogP contribution in [0.25, 0.3) is 0 Å². The van der Waals surface area contributed by atoms with Gasteiger partial charge in [0, 0.05) is 17.6 Å². The van der Waals surface area contributed by atoms with Crippen LogP contribution in [0.3, 0.4) is 0 Å². The van der Waals surface area contributed by atoms with Crippen LogP contribution >= 0.6 is 15.9 Å². The lowest BCUT2D eigenvalue weighted by Crippen LogP contribution is -2.45. The van der Waals surface area contributed by atoms with Gasteiger partial charge in [0.05, 0.1) is 11.2 Å². The Labute approximate surface area is 114 Å². The van der Waals surface area contributed by atoms with Crippen molar-refractivity contribution in [2.24, 2.45) is 0 Å². The third-order valence-electron chi connectivity index (χ3n) is 3.29. The van der Waals surface area contributed by atoms with E-state index in [9.17, 15) is 14.3 Å². The number of benzene rings is 1. The molecule has 1 saturated heterocycles. The van der Waals surface area contributed by atoms with Crippen molar-refractivity contribution in [2.45, 2.75) is 25.4 Å². The predicted molar refractivity (Wildman–Crippen MR) is 69.9 cm³/mol. The summed E-state index contributed by atoms with van der Waals surface area (Å²) in [6, 6.07) is 4.41. The van der Waals surface area contributed by atoms with Crippen LogP contribution in [0.2, 0.25) is 0 Å². The number of nitrogens with zero attached hydrogens (tertiary/aromatic N) is 1. The van der Waals surface area contributed by atoms with E-state index in [4.69, 9.17) is 0 Å². The Hall–Kier alpha value is -0.940. The molecule has 0 aromatic heterocycles. The van der Waals surface area contributed by atoms with Gasteiger partial charge in [0.15, 0.2) is 0 Å². The van der Waals surface area contributed by atoms with Gasteiger partial charge in [-0.3, -0.25) is 4.79 Å². The highest BCUT2D eigenvalue weighted by Crippen LogP contribution is 2.23. The summed E-state index contributed by atoms with van der Waals surface area (Å²) in [5, 5.41) is 9.82. The number of rotatable bonds is 1. The molecular weight excluding hydrogens is 301 g/mol. The number of amides is 1. The van der Waals surface area contributed by atoms with E-state index in [1.165, 1.54) is 12.1 Å². The van der Waals surface area contributed by atoms with Crippen LogP contribution in [0.1, 0.15) is 30.1 Å². The van der Waals surface area contributed by atoms with Crippen LogP contribution in [0.5, 0.6) is 0 Å². The minimum Gasteiger partial charge on any atom is -0.390 e. The zero-order valence-corrected chi connectivity index (χ0v) is 11.7. The largest absolute Gasteiger partial charge is 0.390 e. The first-order valence-electron chi connectivity index (χ1n) is 5.86. The molecule has 0 atom stereocenters. The van der Waals surface area contributed by atoms with E-state index in [0.29, 0.717) is 30.4 Å². The summed E-state index contributed by atoms with van der Waals surface area (Å²) < 4.78 is 14.3. The van der Waals surface area contributed by atoms with Crippen molar-refractivity contribution in [3.05, 3.63) is 34.1 Å². The Kier molecular flexibility index (Phi) is 3.73. The smallest absolute Gasteiger partial charge is 0.256 e. The van der Waals surface area contributed by atoms with Crippen LogP contribution in [0.4, 0.5) is 4.39 Å². The third kappa shape index (κ3) is 2.90. The highest BCUT2D eigenvalue weighted by molar-refractivity contribution is 9.10. The minimum atomic E-state index is -0.713. The lowest BCUT2D eigenvalue weighted by atomic mass is 9.93. The van der Waals surface area contributed by atoms with Gasteiger partial charge in [0.25, 0.3) is 5.91 Å². The van der Waals surface area contributed by atoms with Crippen LogP contribution in [0.15, 0.2) is 22.7 Å². The van der Waals surface area contributed by atoms with Crippen molar-refractivity contribution < 1.29 is 14.3 Å². The molecule has 0 saturated carbocycles. The fourth-order valence-electron chi connectivity index (χ4n) is 2.02. The van der Waals surface area contributed by atoms with Gasteiger partial charge in [0.2, 0.25) is 0 Å². The zero-order chi connectivity index (χ0) is 13.3. The summed E-state index contributed by atoms with van der Waals surface area (Å²) in [5.74, 6) is -0.831. The van der Waals surface area contributed by atoms with Crippen LogP contribution < -0.4 is 0 Å². The van der Waals surface area contributed by atoms with Crippen LogP contribution in [0, 0.1) is 5.82 Å². The molecular formula is C13H15BrFNO2. The van der Waals surface area contributed by atoms with Crippen molar-refractivity contribution in [3.63, 3.8) is 0 Å². The van der Waals surface area contributed by atoms with E-state index in [1.54, 1.807) is 17.9 Å². The molecule has 0 radical (unpaired) electrons. The predicted octanol–water partition coefficient (Wildman–Crippen LogP) is 2.58. The highest BCUT2D eigenvalue weighted by atomic mass is 79.9. The Bertz CT molecular complexity index is 466. The number of aliphatic hydroxyl groups is 1. The number of hydrogen-bond acceptors (Lipinski definition) is 2. The molecule has 0 spiro atoms. The Morgan fingerprint density at radius 2 is 2.06 bits per heavy atom. The molecule has 3 nitrogen and oxygen atoms in total. The molecule has 1 N–H and O–H groups in total. The van der Waals surface area contributed by atoms with Crippen molar-refractivity contribution >= 4 is 21.8 Å². The number of piperidine rings is 1. The first-order chi connectivity index (χ1) is 8.39. The van der Waals surface area contributed by atoms with Crippen molar-refractivity contribution in [3.8, 4) is 0 Å². The second-order valence-electron chi connectivity index (χ2n) is 4.91. The molecule has 2 rings (SSSR count). The minimum absolute atomic E-state index is 0.0831. The van der Waals surface area contributed by atoms with Crippen molar-refractivity contribution in [1.82, 2.24) is 4.90 Å². The van der Waals surface area contributed by atoms with E-state index in [2.05, 4.69) is 15.9 Å². The van der Waals surface area contributed by atoms with Gasteiger partial charge in [-0.15, -0.1) is 0 Å². The van der Waals surface area contributed by atoms with Gasteiger partial charge in [-0.1, -0.05) is 15.9 Å². The van der Waals surface area contributed by atoms with Crippen molar-refractivity contribution in [1.29, 1.82) is 0 Å². The van der Waals surface area contributed by atoms with Crippen molar-refractivity contribution in [2.75, 3.05) is 13.1 Å². The summed E-state index contributed by atoms with van der Waals surface area (Å²) in [6.45, 7) is 2.68. The van der Waals surface area contributed by atoms with Gasteiger partial charge in [-0.2, -0.15) is 0 Å². The molecule has 18 heavy (non-hydrogen) atoms. The van der Waals surface area contributed by atoms with Gasteiger partial charge in [0.1, 0.15) is 5.82 Å². The topological polar surface area (TPSA) is 40.5 Å². The maximum Gasteiger partial charge on any atom is 0.256 e. The standard InChI is InChI=1S/C13H15BrFNO2/c1-13(18)4-6-16(7-5-13)12(17)10-3-2-9(14)8-11(10)15/h2-3,8,18H,4-7H2,1H3. The normalized spacial score (nSPS) is 18.8. The highest BCUT2D eigenvalue weighted by Gasteiger charge is 2.30. The average Bonchev–Trinajstić information content (AvgIpc) is 2.28. The summed E-state index contributed by atoms with van der Waals surface area (Å²) >= 11 is 3.16. The molecule has 98 valence electrons. The average molecular weight is 316 g/mol. The lowest BCUT2D eigenvalue weighted by Gasteiger charge is -2.35. The summed E-state index contributed by atoms with van der Waals surface area (Å²) in [6.07, 6.45) is 1.05. The number of carbonyl (C=O) groups excluding carboxylic acids is 1. The Morgan fingerprint density at radius 3 is 2.61 bits per heavy atom. The molecule has 1 aromatic carbocycles. The molecule has 1 amide bonds. The maximum atomic E-state index is 13.7. The van der Waals surface area contributed by atoms with Gasteiger partial charge < -0.3 is 10.0 Å². The summed E-state index contributed by atoms with van der Waals surface area (Å²) in [7, 11) is 0. The van der Waals surface area contributed by atoms with E-state index in [0.717, 1.165) is 0 Å². The van der Waals surface area contributed by atoms with Crippen LogP contribution in [-0.2, 0) is 0 Å². The number of carbonyl (C=O) groups is 1. The Morgan fingerprint density at radius 1 is 1.44 bits per heavy atom. The second-order valence-corrected chi connectivity index (χ2v) is 5.83. The molecule has 0 bridgehead atoms. The van der Waals surface area contributed by atoms with E-state index >= 15 is 0 Å². The second kappa shape index (κ2) is 4.97. The van der Waals surface area contributed by atoms with E-state index in [1.807, 2.05) is 0 Å². The quantitative estimate of drug-likeness (QED) is 0.865. The summed E-state index contributed by atoms with van der Waals surface area (Å²) in [4.78, 5) is 13.7. The summed E-state index contributed by atoms with van der Waals surface area (Å²) in [5.41, 5.74) is -0.630. The fraction of sp³-hybridized carbons (Fsp3) is 0.462. The van der Waals surface area contributed by atoms with Gasteiger partial charge in [-0.05, 0) is 38.0 Å². The molecule has 1 aliphatic rings. The molecule has 1 aromatic rings. The van der Waals surface area contributed by atoms with E-state index in [-0.39, 0.29) is 11.5 Å². The molecule has 1 fully saturated rings. The lowest BCUT2D eigenvalue weighted by molar-refractivity contribution is -0.00213. The molecule has 5 heteroatoms. The maximum absolute atomic E-state index is 13.7.